The van der Waals surface area contributed by atoms with Gasteiger partial charge in [0.15, 0.2) is 0 Å². The summed E-state index contributed by atoms with van der Waals surface area (Å²) < 4.78 is 7.19. The largest absolute Gasteiger partial charge is 0.496 e. The lowest BCUT2D eigenvalue weighted by Gasteiger charge is -2.11. The first kappa shape index (κ1) is 14.9. The molecule has 0 spiro atoms. The molecule has 2 aromatic rings. The predicted octanol–water partition coefficient (Wildman–Crippen LogP) is 2.93. The van der Waals surface area contributed by atoms with Gasteiger partial charge in [-0.15, -0.1) is 0 Å². The average molecular weight is 294 g/mol. The molecular formula is C15H20ClN3O. The van der Waals surface area contributed by atoms with Gasteiger partial charge in [-0.3, -0.25) is 4.68 Å². The Bertz CT molecular complexity index is 580. The van der Waals surface area contributed by atoms with Crippen LogP contribution < -0.4 is 10.1 Å². The van der Waals surface area contributed by atoms with Gasteiger partial charge in [-0.25, -0.2) is 0 Å². The number of nitrogens with zero attached hydrogens (tertiary/aromatic N) is 2. The van der Waals surface area contributed by atoms with Gasteiger partial charge in [0.25, 0.3) is 0 Å². The van der Waals surface area contributed by atoms with Crippen LogP contribution in [0.2, 0.25) is 5.02 Å². The van der Waals surface area contributed by atoms with Crippen LogP contribution in [0.15, 0.2) is 24.4 Å². The summed E-state index contributed by atoms with van der Waals surface area (Å²) >= 11 is 6.22. The fourth-order valence-electron chi connectivity index (χ4n) is 2.25. The van der Waals surface area contributed by atoms with Gasteiger partial charge in [-0.1, -0.05) is 24.6 Å². The molecule has 0 fully saturated rings. The van der Waals surface area contributed by atoms with E-state index >= 15 is 0 Å². The van der Waals surface area contributed by atoms with Crippen LogP contribution in [-0.2, 0) is 26.6 Å². The number of nitrogens with one attached hydrogen (secondary N) is 1. The lowest BCUT2D eigenvalue weighted by molar-refractivity contribution is 0.407. The van der Waals surface area contributed by atoms with Crippen LogP contribution in [0.5, 0.6) is 5.75 Å². The van der Waals surface area contributed by atoms with E-state index in [0.29, 0.717) is 6.54 Å². The van der Waals surface area contributed by atoms with Gasteiger partial charge in [0.05, 0.1) is 12.8 Å². The van der Waals surface area contributed by atoms with E-state index in [1.807, 2.05) is 29.9 Å². The van der Waals surface area contributed by atoms with Crippen molar-refractivity contribution in [3.63, 3.8) is 0 Å². The van der Waals surface area contributed by atoms with E-state index in [-0.39, 0.29) is 0 Å². The molecule has 0 aliphatic rings. The highest BCUT2D eigenvalue weighted by molar-refractivity contribution is 6.31. The average Bonchev–Trinajstić information content (AvgIpc) is 2.80. The third-order valence-corrected chi connectivity index (χ3v) is 3.59. The third-order valence-electron chi connectivity index (χ3n) is 3.24. The topological polar surface area (TPSA) is 39.1 Å². The maximum absolute atomic E-state index is 6.22. The van der Waals surface area contributed by atoms with E-state index in [1.165, 1.54) is 5.56 Å². The number of ether oxygens (including phenoxy) is 1. The Hall–Kier alpha value is -1.52. The van der Waals surface area contributed by atoms with E-state index in [1.54, 1.807) is 7.11 Å². The molecule has 1 aromatic carbocycles. The first-order valence-corrected chi connectivity index (χ1v) is 7.07. The molecule has 0 unspecified atom stereocenters. The molecule has 1 N–H and O–H groups in total. The Labute approximate surface area is 124 Å². The van der Waals surface area contributed by atoms with Crippen molar-refractivity contribution in [3.05, 3.63) is 46.2 Å². The summed E-state index contributed by atoms with van der Waals surface area (Å²) in [5.41, 5.74) is 3.34. The molecule has 1 aromatic heterocycles. The first-order valence-electron chi connectivity index (χ1n) is 6.69. The van der Waals surface area contributed by atoms with Gasteiger partial charge in [0, 0.05) is 42.5 Å². The number of hydrogen-bond acceptors (Lipinski definition) is 3. The minimum atomic E-state index is 0.668. The van der Waals surface area contributed by atoms with Gasteiger partial charge in [0.2, 0.25) is 0 Å². The number of methoxy groups -OCH3 is 1. The maximum Gasteiger partial charge on any atom is 0.124 e. The van der Waals surface area contributed by atoms with E-state index in [2.05, 4.69) is 23.5 Å². The number of benzene rings is 1. The summed E-state index contributed by atoms with van der Waals surface area (Å²) in [7, 11) is 3.60. The second kappa shape index (κ2) is 6.77. The zero-order chi connectivity index (χ0) is 14.5. The number of hydrogen-bond donors (Lipinski definition) is 1. The SMILES string of the molecule is CCc1nn(C)cc1CNCc1c(Cl)cccc1OC. The Balaban J connectivity index is 2.03. The van der Waals surface area contributed by atoms with Crippen LogP contribution in [0.4, 0.5) is 0 Å². The van der Waals surface area contributed by atoms with Crippen molar-refractivity contribution in [2.45, 2.75) is 26.4 Å². The molecule has 0 radical (unpaired) electrons. The summed E-state index contributed by atoms with van der Waals surface area (Å²) in [5, 5.41) is 8.56. The van der Waals surface area contributed by atoms with Crippen molar-refractivity contribution in [2.75, 3.05) is 7.11 Å². The molecule has 0 saturated heterocycles. The molecule has 108 valence electrons. The van der Waals surface area contributed by atoms with Gasteiger partial charge in [-0.2, -0.15) is 5.10 Å². The van der Waals surface area contributed by atoms with E-state index in [9.17, 15) is 0 Å². The molecule has 2 rings (SSSR count). The Morgan fingerprint density at radius 2 is 2.15 bits per heavy atom. The number of aryl methyl sites for hydroxylation is 2. The van der Waals surface area contributed by atoms with Crippen LogP contribution in [-0.4, -0.2) is 16.9 Å². The monoisotopic (exact) mass is 293 g/mol. The number of rotatable bonds is 6. The van der Waals surface area contributed by atoms with Crippen molar-refractivity contribution < 1.29 is 4.74 Å². The molecular weight excluding hydrogens is 274 g/mol. The smallest absolute Gasteiger partial charge is 0.124 e. The molecule has 0 aliphatic carbocycles. The molecule has 4 nitrogen and oxygen atoms in total. The lowest BCUT2D eigenvalue weighted by atomic mass is 10.1. The second-order valence-electron chi connectivity index (χ2n) is 4.65. The zero-order valence-corrected chi connectivity index (χ0v) is 12.9. The van der Waals surface area contributed by atoms with Crippen LogP contribution in [0, 0.1) is 0 Å². The summed E-state index contributed by atoms with van der Waals surface area (Å²) in [6.45, 7) is 3.55. The molecule has 0 atom stereocenters. The molecule has 0 amide bonds. The fraction of sp³-hybridized carbons (Fsp3) is 0.400. The van der Waals surface area contributed by atoms with E-state index in [0.717, 1.165) is 35.0 Å². The van der Waals surface area contributed by atoms with Crippen molar-refractivity contribution in [1.82, 2.24) is 15.1 Å². The highest BCUT2D eigenvalue weighted by Crippen LogP contribution is 2.26. The van der Waals surface area contributed by atoms with Gasteiger partial charge in [0.1, 0.15) is 5.75 Å². The zero-order valence-electron chi connectivity index (χ0n) is 12.1. The minimum Gasteiger partial charge on any atom is -0.496 e. The predicted molar refractivity (Wildman–Crippen MR) is 81.1 cm³/mol. The summed E-state index contributed by atoms with van der Waals surface area (Å²) in [6.07, 6.45) is 2.99. The van der Waals surface area contributed by atoms with Crippen LogP contribution in [0.25, 0.3) is 0 Å². The van der Waals surface area contributed by atoms with Gasteiger partial charge < -0.3 is 10.1 Å². The van der Waals surface area contributed by atoms with Crippen molar-refractivity contribution in [2.24, 2.45) is 7.05 Å². The molecule has 0 saturated carbocycles. The van der Waals surface area contributed by atoms with Gasteiger partial charge >= 0.3 is 0 Å². The Morgan fingerprint density at radius 3 is 2.85 bits per heavy atom. The highest BCUT2D eigenvalue weighted by Gasteiger charge is 2.09. The van der Waals surface area contributed by atoms with Crippen LogP contribution >= 0.6 is 11.6 Å². The Morgan fingerprint density at radius 1 is 1.35 bits per heavy atom. The lowest BCUT2D eigenvalue weighted by Crippen LogP contribution is -2.14. The summed E-state index contributed by atoms with van der Waals surface area (Å²) in [4.78, 5) is 0. The molecule has 0 bridgehead atoms. The highest BCUT2D eigenvalue weighted by atomic mass is 35.5. The second-order valence-corrected chi connectivity index (χ2v) is 5.06. The van der Waals surface area contributed by atoms with Crippen molar-refractivity contribution in [1.29, 1.82) is 0 Å². The van der Waals surface area contributed by atoms with Gasteiger partial charge in [-0.05, 0) is 18.6 Å². The molecule has 5 heteroatoms. The molecule has 20 heavy (non-hydrogen) atoms. The maximum atomic E-state index is 6.22. The number of halogens is 1. The molecule has 0 aliphatic heterocycles. The van der Waals surface area contributed by atoms with E-state index < -0.39 is 0 Å². The normalized spacial score (nSPS) is 10.8. The van der Waals surface area contributed by atoms with Crippen molar-refractivity contribution in [3.8, 4) is 5.75 Å². The third kappa shape index (κ3) is 3.32. The quantitative estimate of drug-likeness (QED) is 0.890. The van der Waals surface area contributed by atoms with E-state index in [4.69, 9.17) is 16.3 Å². The summed E-state index contributed by atoms with van der Waals surface area (Å²) in [6, 6.07) is 5.69. The standard InChI is InChI=1S/C15H20ClN3O/c1-4-14-11(10-19(2)18-14)8-17-9-12-13(16)6-5-7-15(12)20-3/h5-7,10,17H,4,8-9H2,1-3H3. The minimum absolute atomic E-state index is 0.668. The summed E-state index contributed by atoms with van der Waals surface area (Å²) in [5.74, 6) is 0.812. The Kier molecular flexibility index (Phi) is 5.04. The van der Waals surface area contributed by atoms with Crippen LogP contribution in [0.1, 0.15) is 23.7 Å². The van der Waals surface area contributed by atoms with Crippen molar-refractivity contribution >= 4 is 11.6 Å². The number of aromatic nitrogens is 2. The first-order chi connectivity index (χ1) is 9.65. The van der Waals surface area contributed by atoms with Crippen LogP contribution in [0.3, 0.4) is 0 Å². The molecule has 1 heterocycles. The fourth-order valence-corrected chi connectivity index (χ4v) is 2.49.